The van der Waals surface area contributed by atoms with Crippen LogP contribution in [0.1, 0.15) is 19.2 Å². The lowest BCUT2D eigenvalue weighted by molar-refractivity contribution is -0.124. The van der Waals surface area contributed by atoms with E-state index in [1.807, 2.05) is 6.92 Å². The van der Waals surface area contributed by atoms with E-state index in [-0.39, 0.29) is 29.8 Å². The maximum atomic E-state index is 12.0. The van der Waals surface area contributed by atoms with Crippen molar-refractivity contribution in [2.45, 2.75) is 19.9 Å². The van der Waals surface area contributed by atoms with E-state index < -0.39 is 15.8 Å². The molecular weight excluding hydrogens is 348 g/mol. The lowest BCUT2D eigenvalue weighted by Crippen LogP contribution is -2.31. The van der Waals surface area contributed by atoms with Gasteiger partial charge in [-0.15, -0.1) is 0 Å². The standard InChI is InChI=1S/C15H18N4O5S/c1-2-23-12-4-3-10(7-16-12)14-18-13(24-19-14)8-17-15(20)11-5-6-25(21,22)9-11/h3-4,7,11H,2,5-6,8-9H2,1H3,(H,17,20)/t11-/m1/s1. The zero-order valence-electron chi connectivity index (χ0n) is 13.6. The van der Waals surface area contributed by atoms with Crippen molar-refractivity contribution in [3.63, 3.8) is 0 Å². The summed E-state index contributed by atoms with van der Waals surface area (Å²) in [7, 11) is -3.09. The highest BCUT2D eigenvalue weighted by molar-refractivity contribution is 7.91. The highest BCUT2D eigenvalue weighted by atomic mass is 32.2. The number of ether oxygens (including phenoxy) is 1. The summed E-state index contributed by atoms with van der Waals surface area (Å²) in [4.78, 5) is 20.3. The van der Waals surface area contributed by atoms with Gasteiger partial charge in [0.15, 0.2) is 9.84 Å². The van der Waals surface area contributed by atoms with Crippen LogP contribution in [0.15, 0.2) is 22.9 Å². The van der Waals surface area contributed by atoms with Crippen LogP contribution in [0.3, 0.4) is 0 Å². The average molecular weight is 366 g/mol. The first-order valence-corrected chi connectivity index (χ1v) is 9.69. The first kappa shape index (κ1) is 17.3. The van der Waals surface area contributed by atoms with Crippen LogP contribution in [0.25, 0.3) is 11.4 Å². The average Bonchev–Trinajstić information content (AvgIpc) is 3.20. The van der Waals surface area contributed by atoms with E-state index in [1.165, 1.54) is 0 Å². The fraction of sp³-hybridized carbons (Fsp3) is 0.467. The number of hydrogen-bond donors (Lipinski definition) is 1. The summed E-state index contributed by atoms with van der Waals surface area (Å²) in [6.45, 7) is 2.45. The molecule has 1 aliphatic heterocycles. The molecule has 10 heteroatoms. The van der Waals surface area contributed by atoms with Gasteiger partial charge in [0.25, 0.3) is 0 Å². The van der Waals surface area contributed by atoms with Crippen LogP contribution in [0.5, 0.6) is 5.88 Å². The molecule has 1 saturated heterocycles. The molecule has 1 amide bonds. The molecule has 0 aromatic carbocycles. The largest absolute Gasteiger partial charge is 0.478 e. The minimum absolute atomic E-state index is 0.0485. The minimum Gasteiger partial charge on any atom is -0.478 e. The quantitative estimate of drug-likeness (QED) is 0.787. The summed E-state index contributed by atoms with van der Waals surface area (Å²) in [6, 6.07) is 3.46. The molecular formula is C15H18N4O5S. The molecule has 2 aromatic rings. The number of hydrogen-bond acceptors (Lipinski definition) is 8. The van der Waals surface area contributed by atoms with Gasteiger partial charge in [0.2, 0.25) is 23.5 Å². The fourth-order valence-electron chi connectivity index (χ4n) is 2.50. The normalized spacial score (nSPS) is 18.8. The van der Waals surface area contributed by atoms with Gasteiger partial charge in [-0.3, -0.25) is 4.79 Å². The zero-order valence-corrected chi connectivity index (χ0v) is 14.5. The molecule has 0 aliphatic carbocycles. The number of amides is 1. The van der Waals surface area contributed by atoms with Crippen molar-refractivity contribution in [2.24, 2.45) is 5.92 Å². The Kier molecular flexibility index (Phi) is 4.98. The summed E-state index contributed by atoms with van der Waals surface area (Å²) in [6.07, 6.45) is 1.92. The maximum absolute atomic E-state index is 12.0. The van der Waals surface area contributed by atoms with Crippen LogP contribution < -0.4 is 10.1 Å². The number of nitrogens with zero attached hydrogens (tertiary/aromatic N) is 3. The molecule has 3 rings (SSSR count). The van der Waals surface area contributed by atoms with Crippen LogP contribution in [0.4, 0.5) is 0 Å². The van der Waals surface area contributed by atoms with Crippen molar-refractivity contribution in [1.29, 1.82) is 0 Å². The van der Waals surface area contributed by atoms with E-state index in [1.54, 1.807) is 18.3 Å². The smallest absolute Gasteiger partial charge is 0.246 e. The van der Waals surface area contributed by atoms with E-state index in [9.17, 15) is 13.2 Å². The van der Waals surface area contributed by atoms with Crippen LogP contribution in [-0.4, -0.2) is 47.6 Å². The van der Waals surface area contributed by atoms with Crippen LogP contribution in [0, 0.1) is 5.92 Å². The highest BCUT2D eigenvalue weighted by Gasteiger charge is 2.32. The van der Waals surface area contributed by atoms with Gasteiger partial charge in [-0.05, 0) is 19.4 Å². The van der Waals surface area contributed by atoms with Gasteiger partial charge < -0.3 is 14.6 Å². The Morgan fingerprint density at radius 3 is 2.92 bits per heavy atom. The second-order valence-corrected chi connectivity index (χ2v) is 7.88. The molecule has 2 aromatic heterocycles. The lowest BCUT2D eigenvalue weighted by atomic mass is 10.1. The van der Waals surface area contributed by atoms with E-state index in [0.717, 1.165) is 0 Å². The highest BCUT2D eigenvalue weighted by Crippen LogP contribution is 2.19. The van der Waals surface area contributed by atoms with Crippen molar-refractivity contribution in [1.82, 2.24) is 20.4 Å². The molecule has 1 atom stereocenters. The van der Waals surface area contributed by atoms with Gasteiger partial charge in [0, 0.05) is 17.8 Å². The number of carbonyl (C=O) groups is 1. The Morgan fingerprint density at radius 1 is 1.44 bits per heavy atom. The maximum Gasteiger partial charge on any atom is 0.246 e. The summed E-state index contributed by atoms with van der Waals surface area (Å²) in [5, 5.41) is 6.48. The number of sulfone groups is 1. The molecule has 1 N–H and O–H groups in total. The Balaban J connectivity index is 1.57. The van der Waals surface area contributed by atoms with Crippen LogP contribution in [-0.2, 0) is 21.2 Å². The molecule has 3 heterocycles. The van der Waals surface area contributed by atoms with Crippen molar-refractivity contribution in [3.05, 3.63) is 24.2 Å². The van der Waals surface area contributed by atoms with Crippen molar-refractivity contribution < 1.29 is 22.5 Å². The Bertz CT molecular complexity index is 847. The molecule has 0 unspecified atom stereocenters. The van der Waals surface area contributed by atoms with Crippen molar-refractivity contribution in [2.75, 3.05) is 18.1 Å². The third-order valence-electron chi connectivity index (χ3n) is 3.77. The molecule has 0 saturated carbocycles. The Morgan fingerprint density at radius 2 is 2.28 bits per heavy atom. The molecule has 134 valence electrons. The number of aromatic nitrogens is 3. The van der Waals surface area contributed by atoms with Gasteiger partial charge in [0.1, 0.15) is 0 Å². The molecule has 1 aliphatic rings. The summed E-state index contributed by atoms with van der Waals surface area (Å²) >= 11 is 0. The molecule has 0 radical (unpaired) electrons. The number of carbonyl (C=O) groups excluding carboxylic acids is 1. The monoisotopic (exact) mass is 366 g/mol. The lowest BCUT2D eigenvalue weighted by Gasteiger charge is -2.06. The minimum atomic E-state index is -3.09. The molecule has 0 bridgehead atoms. The number of pyridine rings is 1. The van der Waals surface area contributed by atoms with E-state index >= 15 is 0 Å². The van der Waals surface area contributed by atoms with Gasteiger partial charge in [-0.2, -0.15) is 4.98 Å². The van der Waals surface area contributed by atoms with Gasteiger partial charge in [0.05, 0.1) is 30.6 Å². The second-order valence-electron chi connectivity index (χ2n) is 5.65. The summed E-state index contributed by atoms with van der Waals surface area (Å²) in [5.74, 6) is 0.216. The molecule has 25 heavy (non-hydrogen) atoms. The number of nitrogens with one attached hydrogen (secondary N) is 1. The third kappa shape index (κ3) is 4.32. The number of rotatable bonds is 6. The molecule has 1 fully saturated rings. The van der Waals surface area contributed by atoms with E-state index in [0.29, 0.717) is 30.3 Å². The summed E-state index contributed by atoms with van der Waals surface area (Å²) in [5.41, 5.74) is 0.659. The fourth-order valence-corrected chi connectivity index (χ4v) is 4.24. The van der Waals surface area contributed by atoms with Gasteiger partial charge in [-0.1, -0.05) is 5.16 Å². The Labute approximate surface area is 144 Å². The van der Waals surface area contributed by atoms with Crippen LogP contribution >= 0.6 is 0 Å². The topological polar surface area (TPSA) is 124 Å². The van der Waals surface area contributed by atoms with E-state index in [2.05, 4.69) is 20.4 Å². The predicted molar refractivity (Wildman–Crippen MR) is 87.3 cm³/mol. The van der Waals surface area contributed by atoms with E-state index in [4.69, 9.17) is 9.26 Å². The zero-order chi connectivity index (χ0) is 17.9. The van der Waals surface area contributed by atoms with Gasteiger partial charge >= 0.3 is 0 Å². The predicted octanol–water partition coefficient (Wildman–Crippen LogP) is 0.581. The molecule has 9 nitrogen and oxygen atoms in total. The SMILES string of the molecule is CCOc1ccc(-c2noc(CNC(=O)[C@@H]3CCS(=O)(=O)C3)n2)cn1. The van der Waals surface area contributed by atoms with Gasteiger partial charge in [-0.25, -0.2) is 13.4 Å². The van der Waals surface area contributed by atoms with Crippen molar-refractivity contribution >= 4 is 15.7 Å². The molecule has 0 spiro atoms. The van der Waals surface area contributed by atoms with Crippen LogP contribution in [0.2, 0.25) is 0 Å². The first-order valence-electron chi connectivity index (χ1n) is 7.87. The second kappa shape index (κ2) is 7.18. The first-order chi connectivity index (χ1) is 12.0. The Hall–Kier alpha value is -2.49. The third-order valence-corrected chi connectivity index (χ3v) is 5.54. The van der Waals surface area contributed by atoms with Crippen molar-refractivity contribution in [3.8, 4) is 17.3 Å². The summed E-state index contributed by atoms with van der Waals surface area (Å²) < 4.78 is 33.2.